The van der Waals surface area contributed by atoms with Crippen molar-refractivity contribution >= 4 is 5.91 Å². The minimum absolute atomic E-state index is 0.00749. The third kappa shape index (κ3) is 3.76. The number of benzene rings is 1. The molecule has 4 nitrogen and oxygen atoms in total. The van der Waals surface area contributed by atoms with Crippen LogP contribution in [-0.2, 0) is 4.79 Å². The Balaban J connectivity index is 1.98. The summed E-state index contributed by atoms with van der Waals surface area (Å²) >= 11 is 0. The van der Waals surface area contributed by atoms with E-state index < -0.39 is 5.54 Å². The molecule has 0 radical (unpaired) electrons. The maximum absolute atomic E-state index is 12.3. The molecule has 0 aromatic heterocycles. The number of aliphatic hydroxyl groups excluding tert-OH is 1. The molecule has 21 heavy (non-hydrogen) atoms. The van der Waals surface area contributed by atoms with Crippen molar-refractivity contribution in [1.29, 1.82) is 0 Å². The monoisotopic (exact) mass is 291 g/mol. The second-order valence-corrected chi connectivity index (χ2v) is 6.25. The van der Waals surface area contributed by atoms with E-state index in [4.69, 9.17) is 4.74 Å². The number of methoxy groups -OCH3 is 1. The molecule has 1 aliphatic carbocycles. The Kier molecular flexibility index (Phi) is 4.88. The van der Waals surface area contributed by atoms with E-state index in [1.807, 2.05) is 38.1 Å². The summed E-state index contributed by atoms with van der Waals surface area (Å²) in [5.41, 5.74) is 0.560. The van der Waals surface area contributed by atoms with Crippen molar-refractivity contribution in [2.24, 2.45) is 5.92 Å². The molecule has 116 valence electrons. The summed E-state index contributed by atoms with van der Waals surface area (Å²) in [5, 5.41) is 12.6. The zero-order valence-electron chi connectivity index (χ0n) is 13.1. The van der Waals surface area contributed by atoms with Crippen LogP contribution in [0.5, 0.6) is 5.75 Å². The summed E-state index contributed by atoms with van der Waals surface area (Å²) in [6.45, 7) is 3.94. The van der Waals surface area contributed by atoms with Crippen molar-refractivity contribution in [3.8, 4) is 5.75 Å². The van der Waals surface area contributed by atoms with Crippen molar-refractivity contribution in [3.63, 3.8) is 0 Å². The summed E-state index contributed by atoms with van der Waals surface area (Å²) in [6.07, 6.45) is 2.56. The van der Waals surface area contributed by atoms with Gasteiger partial charge in [0.25, 0.3) is 0 Å². The third-order valence-corrected chi connectivity index (χ3v) is 4.39. The maximum atomic E-state index is 12.3. The van der Waals surface area contributed by atoms with E-state index in [2.05, 4.69) is 5.32 Å². The van der Waals surface area contributed by atoms with Crippen LogP contribution in [0.15, 0.2) is 24.3 Å². The number of aliphatic hydroxyl groups is 1. The third-order valence-electron chi connectivity index (χ3n) is 4.39. The van der Waals surface area contributed by atoms with Crippen molar-refractivity contribution in [2.75, 3.05) is 13.7 Å². The average Bonchev–Trinajstić information content (AvgIpc) is 3.31. The van der Waals surface area contributed by atoms with Gasteiger partial charge in [0.1, 0.15) is 5.75 Å². The predicted octanol–water partition coefficient (Wildman–Crippen LogP) is 2.47. The lowest BCUT2D eigenvalue weighted by molar-refractivity contribution is -0.124. The molecule has 1 amide bonds. The normalized spacial score (nSPS) is 18.7. The van der Waals surface area contributed by atoms with Gasteiger partial charge in [-0.25, -0.2) is 0 Å². The smallest absolute Gasteiger partial charge is 0.221 e. The predicted molar refractivity (Wildman–Crippen MR) is 82.4 cm³/mol. The van der Waals surface area contributed by atoms with Gasteiger partial charge < -0.3 is 15.2 Å². The van der Waals surface area contributed by atoms with Gasteiger partial charge in [0.2, 0.25) is 5.91 Å². The Labute approximate surface area is 126 Å². The van der Waals surface area contributed by atoms with Gasteiger partial charge in [-0.1, -0.05) is 25.1 Å². The highest BCUT2D eigenvalue weighted by Gasteiger charge is 2.42. The molecule has 0 spiro atoms. The lowest BCUT2D eigenvalue weighted by Crippen LogP contribution is -2.50. The van der Waals surface area contributed by atoms with Gasteiger partial charge in [0, 0.05) is 6.42 Å². The number of para-hydroxylation sites is 1. The van der Waals surface area contributed by atoms with Crippen LogP contribution >= 0.6 is 0 Å². The number of ether oxygens (including phenoxy) is 1. The van der Waals surface area contributed by atoms with Crippen molar-refractivity contribution < 1.29 is 14.6 Å². The minimum Gasteiger partial charge on any atom is -0.496 e. The molecular weight excluding hydrogens is 266 g/mol. The van der Waals surface area contributed by atoms with Crippen LogP contribution in [-0.4, -0.2) is 30.3 Å². The Morgan fingerprint density at radius 3 is 2.71 bits per heavy atom. The lowest BCUT2D eigenvalue weighted by atomic mass is 9.93. The quantitative estimate of drug-likeness (QED) is 0.811. The van der Waals surface area contributed by atoms with E-state index in [0.717, 1.165) is 24.2 Å². The zero-order chi connectivity index (χ0) is 15.5. The molecule has 0 saturated heterocycles. The van der Waals surface area contributed by atoms with E-state index >= 15 is 0 Å². The Morgan fingerprint density at radius 1 is 1.48 bits per heavy atom. The molecule has 1 fully saturated rings. The molecule has 2 unspecified atom stereocenters. The second kappa shape index (κ2) is 6.48. The number of nitrogens with one attached hydrogen (secondary N) is 1. The first kappa shape index (κ1) is 15.8. The zero-order valence-corrected chi connectivity index (χ0v) is 13.1. The number of amides is 1. The number of hydrogen-bond acceptors (Lipinski definition) is 3. The van der Waals surface area contributed by atoms with E-state index in [-0.39, 0.29) is 18.4 Å². The molecule has 2 rings (SSSR count). The first-order valence-corrected chi connectivity index (χ1v) is 7.55. The summed E-state index contributed by atoms with van der Waals surface area (Å²) in [4.78, 5) is 12.3. The molecule has 1 aromatic rings. The summed E-state index contributed by atoms with van der Waals surface area (Å²) < 4.78 is 5.35. The van der Waals surface area contributed by atoms with Crippen LogP contribution in [0.25, 0.3) is 0 Å². The first-order valence-electron chi connectivity index (χ1n) is 7.55. The van der Waals surface area contributed by atoms with E-state index in [1.54, 1.807) is 7.11 Å². The number of carbonyl (C=O) groups excluding carboxylic acids is 1. The van der Waals surface area contributed by atoms with Crippen molar-refractivity contribution in [1.82, 2.24) is 5.32 Å². The van der Waals surface area contributed by atoms with E-state index in [9.17, 15) is 9.90 Å². The molecular formula is C17H25NO3. The molecule has 0 aliphatic heterocycles. The summed E-state index contributed by atoms with van der Waals surface area (Å²) in [7, 11) is 1.64. The van der Waals surface area contributed by atoms with Gasteiger partial charge in [0.15, 0.2) is 0 Å². The van der Waals surface area contributed by atoms with Crippen LogP contribution in [0.1, 0.15) is 44.6 Å². The molecule has 1 saturated carbocycles. The summed E-state index contributed by atoms with van der Waals surface area (Å²) in [5.74, 6) is 1.28. The van der Waals surface area contributed by atoms with Crippen LogP contribution in [0, 0.1) is 5.92 Å². The molecule has 2 atom stereocenters. The van der Waals surface area contributed by atoms with Crippen LogP contribution < -0.4 is 10.1 Å². The Hall–Kier alpha value is -1.55. The van der Waals surface area contributed by atoms with Gasteiger partial charge >= 0.3 is 0 Å². The minimum atomic E-state index is -0.475. The highest BCUT2D eigenvalue weighted by atomic mass is 16.5. The van der Waals surface area contributed by atoms with Crippen molar-refractivity contribution in [3.05, 3.63) is 29.8 Å². The molecule has 0 heterocycles. The van der Waals surface area contributed by atoms with Gasteiger partial charge in [-0.3, -0.25) is 4.79 Å². The van der Waals surface area contributed by atoms with Gasteiger partial charge in [-0.2, -0.15) is 0 Å². The Bertz CT molecular complexity index is 499. The van der Waals surface area contributed by atoms with E-state index in [0.29, 0.717) is 12.3 Å². The topological polar surface area (TPSA) is 58.6 Å². The fraction of sp³-hybridized carbons (Fsp3) is 0.588. The number of rotatable bonds is 7. The maximum Gasteiger partial charge on any atom is 0.221 e. The largest absolute Gasteiger partial charge is 0.496 e. The fourth-order valence-corrected chi connectivity index (χ4v) is 2.82. The highest BCUT2D eigenvalue weighted by Crippen LogP contribution is 2.39. The Morgan fingerprint density at radius 2 is 2.14 bits per heavy atom. The standard InChI is InChI=1S/C17H25NO3/c1-12(14-6-4-5-7-15(14)21-3)10-16(20)18-17(2,11-19)13-8-9-13/h4-7,12-13,19H,8-11H2,1-3H3,(H,18,20). The SMILES string of the molecule is COc1ccccc1C(C)CC(=O)NC(C)(CO)C1CC1. The average molecular weight is 291 g/mol. The molecule has 2 N–H and O–H groups in total. The molecule has 1 aliphatic rings. The molecule has 0 bridgehead atoms. The van der Waals surface area contributed by atoms with E-state index in [1.165, 1.54) is 0 Å². The van der Waals surface area contributed by atoms with Crippen molar-refractivity contribution in [2.45, 2.75) is 44.6 Å². The lowest BCUT2D eigenvalue weighted by Gasteiger charge is -2.29. The summed E-state index contributed by atoms with van der Waals surface area (Å²) in [6, 6.07) is 7.77. The van der Waals surface area contributed by atoms with Crippen LogP contribution in [0.4, 0.5) is 0 Å². The van der Waals surface area contributed by atoms with Gasteiger partial charge in [-0.05, 0) is 43.2 Å². The first-order chi connectivity index (χ1) is 10.00. The van der Waals surface area contributed by atoms with Crippen LogP contribution in [0.2, 0.25) is 0 Å². The number of carbonyl (C=O) groups is 1. The van der Waals surface area contributed by atoms with Gasteiger partial charge in [-0.15, -0.1) is 0 Å². The second-order valence-electron chi connectivity index (χ2n) is 6.25. The highest BCUT2D eigenvalue weighted by molar-refractivity contribution is 5.78. The fourth-order valence-electron chi connectivity index (χ4n) is 2.82. The molecule has 4 heteroatoms. The van der Waals surface area contributed by atoms with Crippen LogP contribution in [0.3, 0.4) is 0 Å². The van der Waals surface area contributed by atoms with Gasteiger partial charge in [0.05, 0.1) is 19.3 Å². The molecule has 1 aromatic carbocycles. The number of hydrogen-bond donors (Lipinski definition) is 2.